The molecule has 1 aromatic heterocycles. The molecule has 3 aromatic rings. The third-order valence-electron chi connectivity index (χ3n) is 7.10. The molecule has 3 heterocycles. The Kier molecular flexibility index (Phi) is 5.24. The fourth-order valence-corrected chi connectivity index (χ4v) is 5.51. The first-order chi connectivity index (χ1) is 16.3. The van der Waals surface area contributed by atoms with Crippen LogP contribution in [0.15, 0.2) is 42.5 Å². The third-order valence-corrected chi connectivity index (χ3v) is 7.10. The van der Waals surface area contributed by atoms with Gasteiger partial charge < -0.3 is 29.5 Å². The molecule has 1 spiro atoms. The Labute approximate surface area is 196 Å². The number of nitrogens with one attached hydrogen (secondary N) is 1. The van der Waals surface area contributed by atoms with Crippen LogP contribution >= 0.6 is 0 Å². The molecule has 8 nitrogen and oxygen atoms in total. The van der Waals surface area contributed by atoms with Gasteiger partial charge in [-0.15, -0.1) is 0 Å². The SMILES string of the molecule is COc1ccc2c3c(n(C)c2c1)[C@@H](CO)N(C(C)=O)CC31CN(C(=O)Nc2ccc(F)cc2)C1. The molecule has 34 heavy (non-hydrogen) atoms. The van der Waals surface area contributed by atoms with Crippen LogP contribution in [-0.4, -0.2) is 64.8 Å². The summed E-state index contributed by atoms with van der Waals surface area (Å²) in [4.78, 5) is 28.9. The maximum absolute atomic E-state index is 13.2. The topological polar surface area (TPSA) is 87.0 Å². The number of fused-ring (bicyclic) bond motifs is 4. The molecule has 2 aliphatic heterocycles. The average molecular weight is 467 g/mol. The van der Waals surface area contributed by atoms with Crippen LogP contribution in [0.5, 0.6) is 5.75 Å². The van der Waals surface area contributed by atoms with Crippen molar-refractivity contribution >= 4 is 28.5 Å². The first-order valence-electron chi connectivity index (χ1n) is 11.1. The minimum Gasteiger partial charge on any atom is -0.497 e. The third kappa shape index (κ3) is 3.30. The Bertz CT molecular complexity index is 1280. The van der Waals surface area contributed by atoms with Gasteiger partial charge in [0.25, 0.3) is 0 Å². The van der Waals surface area contributed by atoms with Crippen LogP contribution in [-0.2, 0) is 17.3 Å². The van der Waals surface area contributed by atoms with E-state index < -0.39 is 11.5 Å². The monoisotopic (exact) mass is 466 g/mol. The lowest BCUT2D eigenvalue weighted by atomic mass is 9.68. The number of aliphatic hydroxyl groups excluding tert-OH is 1. The molecule has 0 unspecified atom stereocenters. The molecule has 1 fully saturated rings. The predicted molar refractivity (Wildman–Crippen MR) is 125 cm³/mol. The van der Waals surface area contributed by atoms with Crippen molar-refractivity contribution in [3.8, 4) is 5.75 Å². The maximum Gasteiger partial charge on any atom is 0.321 e. The first kappa shape index (κ1) is 22.2. The lowest BCUT2D eigenvalue weighted by Gasteiger charge is -2.56. The summed E-state index contributed by atoms with van der Waals surface area (Å²) in [7, 11) is 3.54. The molecule has 2 aromatic carbocycles. The molecule has 0 saturated carbocycles. The van der Waals surface area contributed by atoms with Gasteiger partial charge in [0, 0.05) is 56.4 Å². The lowest BCUT2D eigenvalue weighted by Crippen LogP contribution is -2.68. The number of hydrogen-bond donors (Lipinski definition) is 2. The molecular formula is C25H27FN4O4. The van der Waals surface area contributed by atoms with Crippen molar-refractivity contribution in [2.75, 3.05) is 38.7 Å². The minimum absolute atomic E-state index is 0.124. The smallest absolute Gasteiger partial charge is 0.321 e. The number of benzene rings is 2. The van der Waals surface area contributed by atoms with Crippen LogP contribution in [0.2, 0.25) is 0 Å². The molecule has 0 bridgehead atoms. The zero-order valence-corrected chi connectivity index (χ0v) is 19.3. The van der Waals surface area contributed by atoms with Crippen molar-refractivity contribution < 1.29 is 23.8 Å². The van der Waals surface area contributed by atoms with Gasteiger partial charge in [0.15, 0.2) is 0 Å². The Morgan fingerprint density at radius 3 is 2.50 bits per heavy atom. The highest BCUT2D eigenvalue weighted by molar-refractivity contribution is 5.93. The standard InChI is InChI=1S/C25H27FN4O4/c1-15(32)30-14-25(12-29(13-25)24(33)27-17-6-4-16(26)5-7-17)22-19-9-8-18(34-3)10-20(19)28(2)23(22)21(30)11-31/h4-10,21,31H,11-14H2,1-3H3,(H,27,33)/t21-/m1/s1. The second-order valence-corrected chi connectivity index (χ2v) is 9.12. The van der Waals surface area contributed by atoms with Crippen LogP contribution in [0, 0.1) is 5.82 Å². The van der Waals surface area contributed by atoms with E-state index in [0.29, 0.717) is 25.3 Å². The Balaban J connectivity index is 1.53. The molecule has 178 valence electrons. The van der Waals surface area contributed by atoms with Gasteiger partial charge in [-0.3, -0.25) is 4.79 Å². The number of likely N-dealkylation sites (tertiary alicyclic amines) is 1. The summed E-state index contributed by atoms with van der Waals surface area (Å²) in [6.07, 6.45) is 0. The molecule has 3 amide bonds. The van der Waals surface area contributed by atoms with Gasteiger partial charge in [-0.1, -0.05) is 0 Å². The summed E-state index contributed by atoms with van der Waals surface area (Å²) >= 11 is 0. The van der Waals surface area contributed by atoms with E-state index >= 15 is 0 Å². The summed E-state index contributed by atoms with van der Waals surface area (Å²) in [6, 6.07) is 10.7. The van der Waals surface area contributed by atoms with E-state index in [0.717, 1.165) is 27.9 Å². The van der Waals surface area contributed by atoms with Gasteiger partial charge in [0.1, 0.15) is 11.6 Å². The number of aliphatic hydroxyl groups is 1. The molecule has 0 radical (unpaired) electrons. The van der Waals surface area contributed by atoms with Crippen LogP contribution in [0.1, 0.15) is 24.2 Å². The second kappa shape index (κ2) is 8.02. The quantitative estimate of drug-likeness (QED) is 0.621. The Morgan fingerprint density at radius 1 is 1.18 bits per heavy atom. The predicted octanol–water partition coefficient (Wildman–Crippen LogP) is 3.01. The number of rotatable bonds is 3. The number of halogens is 1. The number of aromatic nitrogens is 1. The number of anilines is 1. The number of methoxy groups -OCH3 is 1. The molecule has 1 saturated heterocycles. The second-order valence-electron chi connectivity index (χ2n) is 9.12. The number of hydrogen-bond acceptors (Lipinski definition) is 4. The number of ether oxygens (including phenoxy) is 1. The molecule has 2 aliphatic rings. The number of carbonyl (C=O) groups is 2. The van der Waals surface area contributed by atoms with Gasteiger partial charge >= 0.3 is 6.03 Å². The van der Waals surface area contributed by atoms with E-state index in [1.165, 1.54) is 31.2 Å². The van der Waals surface area contributed by atoms with Gasteiger partial charge in [-0.25, -0.2) is 9.18 Å². The summed E-state index contributed by atoms with van der Waals surface area (Å²) in [5.41, 5.74) is 2.95. The van der Waals surface area contributed by atoms with Crippen LogP contribution in [0.25, 0.3) is 10.9 Å². The van der Waals surface area contributed by atoms with Crippen LogP contribution in [0.3, 0.4) is 0 Å². The van der Waals surface area contributed by atoms with E-state index in [1.54, 1.807) is 16.9 Å². The summed E-state index contributed by atoms with van der Waals surface area (Å²) in [5.74, 6) is 0.226. The van der Waals surface area contributed by atoms with Crippen molar-refractivity contribution in [3.05, 3.63) is 59.5 Å². The highest BCUT2D eigenvalue weighted by Gasteiger charge is 2.55. The van der Waals surface area contributed by atoms with Crippen molar-refractivity contribution in [2.24, 2.45) is 7.05 Å². The van der Waals surface area contributed by atoms with Crippen LogP contribution < -0.4 is 10.1 Å². The number of aryl methyl sites for hydroxylation is 1. The van der Waals surface area contributed by atoms with E-state index in [4.69, 9.17) is 4.74 Å². The summed E-state index contributed by atoms with van der Waals surface area (Å²) in [6.45, 7) is 2.55. The number of nitrogens with zero attached hydrogens (tertiary/aromatic N) is 3. The molecule has 5 rings (SSSR count). The highest BCUT2D eigenvalue weighted by Crippen LogP contribution is 2.49. The maximum atomic E-state index is 13.2. The van der Waals surface area contributed by atoms with Gasteiger partial charge in [-0.2, -0.15) is 0 Å². The number of amides is 3. The molecule has 1 atom stereocenters. The van der Waals surface area contributed by atoms with Gasteiger partial charge in [-0.05, 0) is 42.0 Å². The summed E-state index contributed by atoms with van der Waals surface area (Å²) < 4.78 is 20.6. The van der Waals surface area contributed by atoms with E-state index in [1.807, 2.05) is 29.8 Å². The average Bonchev–Trinajstić information content (AvgIpc) is 3.10. The van der Waals surface area contributed by atoms with E-state index in [2.05, 4.69) is 5.32 Å². The van der Waals surface area contributed by atoms with Crippen molar-refractivity contribution in [3.63, 3.8) is 0 Å². The van der Waals surface area contributed by atoms with Gasteiger partial charge in [0.2, 0.25) is 5.91 Å². The number of carbonyl (C=O) groups excluding carboxylic acids is 2. The van der Waals surface area contributed by atoms with Crippen molar-refractivity contribution in [1.29, 1.82) is 0 Å². The fourth-order valence-electron chi connectivity index (χ4n) is 5.51. The number of urea groups is 1. The van der Waals surface area contributed by atoms with E-state index in [-0.39, 0.29) is 24.4 Å². The van der Waals surface area contributed by atoms with Crippen LogP contribution in [0.4, 0.5) is 14.9 Å². The first-order valence-corrected chi connectivity index (χ1v) is 11.1. The molecular weight excluding hydrogens is 439 g/mol. The summed E-state index contributed by atoms with van der Waals surface area (Å²) in [5, 5.41) is 14.1. The molecule has 9 heteroatoms. The zero-order chi connectivity index (χ0) is 24.2. The largest absolute Gasteiger partial charge is 0.497 e. The Morgan fingerprint density at radius 2 is 1.88 bits per heavy atom. The fraction of sp³-hybridized carbons (Fsp3) is 0.360. The van der Waals surface area contributed by atoms with Gasteiger partial charge in [0.05, 0.1) is 30.7 Å². The minimum atomic E-state index is -0.469. The Hall–Kier alpha value is -3.59. The van der Waals surface area contributed by atoms with Crippen molar-refractivity contribution in [1.82, 2.24) is 14.4 Å². The lowest BCUT2D eigenvalue weighted by molar-refractivity contribution is -0.136. The van der Waals surface area contributed by atoms with Crippen molar-refractivity contribution in [2.45, 2.75) is 18.4 Å². The normalized spacial score (nSPS) is 18.6. The molecule has 0 aliphatic carbocycles. The zero-order valence-electron chi connectivity index (χ0n) is 19.3. The van der Waals surface area contributed by atoms with E-state index in [9.17, 15) is 19.1 Å². The molecule has 2 N–H and O–H groups in total. The highest BCUT2D eigenvalue weighted by atomic mass is 19.1.